The lowest BCUT2D eigenvalue weighted by molar-refractivity contribution is 0.131. The average molecular weight is 385 g/mol. The van der Waals surface area contributed by atoms with Crippen LogP contribution in [0, 0.1) is 5.92 Å². The van der Waals surface area contributed by atoms with E-state index in [2.05, 4.69) is 88.4 Å². The lowest BCUT2D eigenvalue weighted by Gasteiger charge is -2.34. The van der Waals surface area contributed by atoms with Crippen molar-refractivity contribution in [3.05, 3.63) is 60.7 Å². The minimum Gasteiger partial charge on any atom is -0.388 e. The van der Waals surface area contributed by atoms with E-state index in [1.807, 2.05) is 0 Å². The van der Waals surface area contributed by atoms with Gasteiger partial charge in [0.25, 0.3) is 0 Å². The Balaban J connectivity index is 2.35. The molecular weight excluding hydrogens is 348 g/mol. The van der Waals surface area contributed by atoms with E-state index in [4.69, 9.17) is 8.85 Å². The van der Waals surface area contributed by atoms with E-state index in [0.717, 1.165) is 19.4 Å². The van der Waals surface area contributed by atoms with Gasteiger partial charge in [0.1, 0.15) is 0 Å². The molecular formula is C24H36O2Si. The molecule has 1 unspecified atom stereocenters. The summed E-state index contributed by atoms with van der Waals surface area (Å²) in [5.41, 5.74) is 0. The molecule has 0 heterocycles. The van der Waals surface area contributed by atoms with E-state index in [1.165, 1.54) is 29.6 Å². The van der Waals surface area contributed by atoms with Crippen molar-refractivity contribution in [3.8, 4) is 0 Å². The Bertz CT molecular complexity index is 588. The van der Waals surface area contributed by atoms with Crippen LogP contribution in [0.2, 0.25) is 0 Å². The van der Waals surface area contributed by atoms with Crippen molar-refractivity contribution in [2.45, 2.75) is 65.9 Å². The number of unbranched alkanes of at least 4 members (excludes halogenated alkanes) is 1. The van der Waals surface area contributed by atoms with Crippen LogP contribution in [0.25, 0.3) is 0 Å². The number of rotatable bonds is 12. The SMILES string of the molecule is CCCCC(C)O[Si](OCCCC(C)C)(c1ccccc1)c1ccccc1. The second kappa shape index (κ2) is 11.4. The normalized spacial score (nSPS) is 13.1. The first-order chi connectivity index (χ1) is 13.1. The van der Waals surface area contributed by atoms with Crippen molar-refractivity contribution >= 4 is 18.9 Å². The first-order valence-corrected chi connectivity index (χ1v) is 12.3. The third-order valence-corrected chi connectivity index (χ3v) is 8.40. The fraction of sp³-hybridized carbons (Fsp3) is 0.500. The highest BCUT2D eigenvalue weighted by atomic mass is 28.4. The Kier molecular flexibility index (Phi) is 9.26. The molecule has 0 saturated carbocycles. The molecule has 0 aliphatic carbocycles. The summed E-state index contributed by atoms with van der Waals surface area (Å²) < 4.78 is 13.6. The molecule has 0 N–H and O–H groups in total. The fourth-order valence-electron chi connectivity index (χ4n) is 3.36. The average Bonchev–Trinajstić information content (AvgIpc) is 2.70. The molecule has 2 nitrogen and oxygen atoms in total. The molecule has 0 aromatic heterocycles. The van der Waals surface area contributed by atoms with Gasteiger partial charge in [-0.25, -0.2) is 0 Å². The summed E-state index contributed by atoms with van der Waals surface area (Å²) >= 11 is 0. The zero-order valence-corrected chi connectivity index (χ0v) is 18.5. The maximum Gasteiger partial charge on any atom is 0.407 e. The predicted octanol–water partition coefficient (Wildman–Crippen LogP) is 5.29. The van der Waals surface area contributed by atoms with Gasteiger partial charge in [0, 0.05) is 12.7 Å². The smallest absolute Gasteiger partial charge is 0.388 e. The molecule has 2 rings (SSSR count). The maximum atomic E-state index is 6.84. The quantitative estimate of drug-likeness (QED) is 0.365. The summed E-state index contributed by atoms with van der Waals surface area (Å²) in [4.78, 5) is 0. The maximum absolute atomic E-state index is 6.84. The molecule has 1 atom stereocenters. The van der Waals surface area contributed by atoms with Gasteiger partial charge >= 0.3 is 8.56 Å². The zero-order valence-electron chi connectivity index (χ0n) is 17.5. The lowest BCUT2D eigenvalue weighted by atomic mass is 10.1. The highest BCUT2D eigenvalue weighted by molar-refractivity contribution is 6.92. The predicted molar refractivity (Wildman–Crippen MR) is 118 cm³/mol. The van der Waals surface area contributed by atoms with Gasteiger partial charge in [-0.2, -0.15) is 0 Å². The molecule has 2 aromatic rings. The Morgan fingerprint density at radius 3 is 1.81 bits per heavy atom. The molecule has 0 spiro atoms. The van der Waals surface area contributed by atoms with Gasteiger partial charge in [0.2, 0.25) is 0 Å². The van der Waals surface area contributed by atoms with Gasteiger partial charge in [-0.1, -0.05) is 94.3 Å². The standard InChI is InChI=1S/C24H36O2Si/c1-5-6-15-22(4)26-27(23-16-9-7-10-17-23,24-18-11-8-12-19-24)25-20-13-14-21(2)3/h7-12,16-19,21-22H,5-6,13-15,20H2,1-4H3. The second-order valence-electron chi connectivity index (χ2n) is 7.80. The van der Waals surface area contributed by atoms with Crippen LogP contribution in [0.5, 0.6) is 0 Å². The van der Waals surface area contributed by atoms with Gasteiger partial charge in [0.15, 0.2) is 0 Å². The van der Waals surface area contributed by atoms with E-state index in [1.54, 1.807) is 0 Å². The van der Waals surface area contributed by atoms with Gasteiger partial charge in [-0.15, -0.1) is 0 Å². The van der Waals surface area contributed by atoms with E-state index in [0.29, 0.717) is 5.92 Å². The van der Waals surface area contributed by atoms with Crippen LogP contribution in [0.1, 0.15) is 59.8 Å². The summed E-state index contributed by atoms with van der Waals surface area (Å²) in [6, 6.07) is 21.2. The van der Waals surface area contributed by atoms with Crippen LogP contribution in [0.4, 0.5) is 0 Å². The van der Waals surface area contributed by atoms with Crippen molar-refractivity contribution in [1.82, 2.24) is 0 Å². The first kappa shape index (κ1) is 21.9. The topological polar surface area (TPSA) is 18.5 Å². The van der Waals surface area contributed by atoms with Crippen LogP contribution >= 0.6 is 0 Å². The Hall–Kier alpha value is -1.42. The van der Waals surface area contributed by atoms with Crippen LogP contribution in [0.3, 0.4) is 0 Å². The molecule has 148 valence electrons. The summed E-state index contributed by atoms with van der Waals surface area (Å²) in [6.45, 7) is 9.70. The minimum absolute atomic E-state index is 0.183. The Morgan fingerprint density at radius 1 is 0.778 bits per heavy atom. The lowest BCUT2D eigenvalue weighted by Crippen LogP contribution is -2.64. The van der Waals surface area contributed by atoms with Crippen LogP contribution < -0.4 is 10.4 Å². The van der Waals surface area contributed by atoms with E-state index >= 15 is 0 Å². The highest BCUT2D eigenvalue weighted by Gasteiger charge is 2.43. The largest absolute Gasteiger partial charge is 0.407 e. The highest BCUT2D eigenvalue weighted by Crippen LogP contribution is 2.17. The van der Waals surface area contributed by atoms with Crippen LogP contribution in [-0.2, 0) is 8.85 Å². The van der Waals surface area contributed by atoms with Crippen LogP contribution in [0.15, 0.2) is 60.7 Å². The number of hydrogen-bond acceptors (Lipinski definition) is 2. The third-order valence-electron chi connectivity index (χ3n) is 4.87. The molecule has 0 aliphatic heterocycles. The minimum atomic E-state index is -2.73. The van der Waals surface area contributed by atoms with Gasteiger partial charge in [0.05, 0.1) is 0 Å². The number of benzene rings is 2. The van der Waals surface area contributed by atoms with E-state index in [9.17, 15) is 0 Å². The molecule has 0 saturated heterocycles. The van der Waals surface area contributed by atoms with Gasteiger partial charge in [-0.05, 0) is 42.5 Å². The molecule has 0 aliphatic rings. The zero-order chi connectivity index (χ0) is 19.5. The second-order valence-corrected chi connectivity index (χ2v) is 10.7. The molecule has 0 bridgehead atoms. The fourth-order valence-corrected chi connectivity index (χ4v) is 6.75. The van der Waals surface area contributed by atoms with Crippen molar-refractivity contribution in [2.75, 3.05) is 6.61 Å². The summed E-state index contributed by atoms with van der Waals surface area (Å²) in [7, 11) is -2.73. The Labute approximate surface area is 167 Å². The third kappa shape index (κ3) is 6.60. The Morgan fingerprint density at radius 2 is 1.33 bits per heavy atom. The summed E-state index contributed by atoms with van der Waals surface area (Å²) in [5.74, 6) is 0.697. The molecule has 2 aromatic carbocycles. The van der Waals surface area contributed by atoms with Gasteiger partial charge in [-0.3, -0.25) is 0 Å². The number of hydrogen-bond donors (Lipinski definition) is 0. The van der Waals surface area contributed by atoms with Gasteiger partial charge < -0.3 is 8.85 Å². The van der Waals surface area contributed by atoms with E-state index in [-0.39, 0.29) is 6.10 Å². The van der Waals surface area contributed by atoms with Crippen molar-refractivity contribution in [3.63, 3.8) is 0 Å². The molecule has 0 fully saturated rings. The first-order valence-electron chi connectivity index (χ1n) is 10.5. The molecule has 0 radical (unpaired) electrons. The monoisotopic (exact) mass is 384 g/mol. The van der Waals surface area contributed by atoms with Crippen molar-refractivity contribution in [2.24, 2.45) is 5.92 Å². The summed E-state index contributed by atoms with van der Waals surface area (Å²) in [5, 5.41) is 2.40. The summed E-state index contributed by atoms with van der Waals surface area (Å²) in [6.07, 6.45) is 5.87. The molecule has 0 amide bonds. The van der Waals surface area contributed by atoms with E-state index < -0.39 is 8.56 Å². The van der Waals surface area contributed by atoms with Crippen molar-refractivity contribution < 1.29 is 8.85 Å². The molecule has 3 heteroatoms. The van der Waals surface area contributed by atoms with Crippen molar-refractivity contribution in [1.29, 1.82) is 0 Å². The molecule has 27 heavy (non-hydrogen) atoms. The van der Waals surface area contributed by atoms with Crippen LogP contribution in [-0.4, -0.2) is 21.3 Å².